The highest BCUT2D eigenvalue weighted by molar-refractivity contribution is 8.00. The van der Waals surface area contributed by atoms with Crippen LogP contribution in [0, 0.1) is 27.7 Å². The van der Waals surface area contributed by atoms with E-state index in [-0.39, 0.29) is 11.2 Å². The zero-order valence-electron chi connectivity index (χ0n) is 14.0. The summed E-state index contributed by atoms with van der Waals surface area (Å²) >= 11 is 1.59. The van der Waals surface area contributed by atoms with Crippen molar-refractivity contribution in [3.63, 3.8) is 0 Å². The maximum atomic E-state index is 12.4. The molecule has 1 N–H and O–H groups in total. The average Bonchev–Trinajstić information content (AvgIpc) is 2.68. The van der Waals surface area contributed by atoms with Gasteiger partial charge in [-0.2, -0.15) is 5.10 Å². The molecule has 0 aliphatic heterocycles. The zero-order chi connectivity index (χ0) is 16.4. The van der Waals surface area contributed by atoms with E-state index in [0.29, 0.717) is 0 Å². The molecule has 1 unspecified atom stereocenters. The van der Waals surface area contributed by atoms with Crippen molar-refractivity contribution in [2.24, 2.45) is 7.05 Å². The average molecular weight is 317 g/mol. The van der Waals surface area contributed by atoms with Crippen LogP contribution in [0.3, 0.4) is 0 Å². The lowest BCUT2D eigenvalue weighted by atomic mass is 10.2. The fourth-order valence-electron chi connectivity index (χ4n) is 2.35. The summed E-state index contributed by atoms with van der Waals surface area (Å²) in [6.45, 7) is 9.95. The summed E-state index contributed by atoms with van der Waals surface area (Å²) < 4.78 is 1.78. The topological polar surface area (TPSA) is 46.9 Å². The van der Waals surface area contributed by atoms with Crippen molar-refractivity contribution in [2.75, 3.05) is 5.32 Å². The Bertz CT molecular complexity index is 706. The summed E-state index contributed by atoms with van der Waals surface area (Å²) in [6.07, 6.45) is 0. The molecule has 0 bridgehead atoms. The van der Waals surface area contributed by atoms with Crippen LogP contribution >= 0.6 is 11.8 Å². The Kier molecular flexibility index (Phi) is 4.96. The molecule has 2 rings (SSSR count). The van der Waals surface area contributed by atoms with Gasteiger partial charge < -0.3 is 5.32 Å². The number of rotatable bonds is 4. The number of benzene rings is 1. The minimum atomic E-state index is -0.166. The lowest BCUT2D eigenvalue weighted by Crippen LogP contribution is -2.23. The molecular weight excluding hydrogens is 294 g/mol. The summed E-state index contributed by atoms with van der Waals surface area (Å²) in [6, 6.07) is 6.30. The van der Waals surface area contributed by atoms with E-state index in [1.165, 1.54) is 11.1 Å². The smallest absolute Gasteiger partial charge is 0.237 e. The van der Waals surface area contributed by atoms with E-state index in [4.69, 9.17) is 0 Å². The van der Waals surface area contributed by atoms with Crippen LogP contribution in [-0.4, -0.2) is 20.9 Å². The van der Waals surface area contributed by atoms with Gasteiger partial charge in [0, 0.05) is 11.9 Å². The second-order valence-electron chi connectivity index (χ2n) is 5.69. The SMILES string of the molecule is Cc1ccc(SC(C)C(=O)Nc2c(C)nn(C)c2C)c(C)c1. The monoisotopic (exact) mass is 317 g/mol. The van der Waals surface area contributed by atoms with Crippen LogP contribution < -0.4 is 5.32 Å². The Morgan fingerprint density at radius 2 is 1.95 bits per heavy atom. The highest BCUT2D eigenvalue weighted by atomic mass is 32.2. The summed E-state index contributed by atoms with van der Waals surface area (Å²) in [7, 11) is 1.88. The van der Waals surface area contributed by atoms with Crippen molar-refractivity contribution < 1.29 is 4.79 Å². The molecule has 2 aromatic rings. The second-order valence-corrected chi connectivity index (χ2v) is 7.07. The molecule has 1 aromatic carbocycles. The van der Waals surface area contributed by atoms with Crippen molar-refractivity contribution in [2.45, 2.75) is 44.8 Å². The van der Waals surface area contributed by atoms with Crippen LogP contribution in [0.2, 0.25) is 0 Å². The van der Waals surface area contributed by atoms with E-state index in [0.717, 1.165) is 22.0 Å². The van der Waals surface area contributed by atoms with E-state index in [1.807, 2.05) is 27.8 Å². The van der Waals surface area contributed by atoms with Gasteiger partial charge in [-0.1, -0.05) is 17.7 Å². The lowest BCUT2D eigenvalue weighted by Gasteiger charge is -2.14. The van der Waals surface area contributed by atoms with Gasteiger partial charge in [0.2, 0.25) is 5.91 Å². The van der Waals surface area contributed by atoms with Gasteiger partial charge >= 0.3 is 0 Å². The highest BCUT2D eigenvalue weighted by Crippen LogP contribution is 2.28. The number of carbonyl (C=O) groups excluding carboxylic acids is 1. The molecule has 22 heavy (non-hydrogen) atoms. The van der Waals surface area contributed by atoms with Crippen LogP contribution in [0.1, 0.15) is 29.4 Å². The van der Waals surface area contributed by atoms with Gasteiger partial charge in [-0.3, -0.25) is 9.48 Å². The molecule has 1 atom stereocenters. The van der Waals surface area contributed by atoms with E-state index in [2.05, 4.69) is 42.5 Å². The Balaban J connectivity index is 2.09. The number of carbonyl (C=O) groups is 1. The number of nitrogens with zero attached hydrogens (tertiary/aromatic N) is 2. The Morgan fingerprint density at radius 1 is 1.27 bits per heavy atom. The molecule has 1 amide bonds. The number of aryl methyl sites for hydroxylation is 4. The third kappa shape index (κ3) is 3.53. The van der Waals surface area contributed by atoms with Gasteiger partial charge in [-0.15, -0.1) is 11.8 Å². The summed E-state index contributed by atoms with van der Waals surface area (Å²) in [5.41, 5.74) is 5.08. The predicted molar refractivity (Wildman–Crippen MR) is 92.5 cm³/mol. The van der Waals surface area contributed by atoms with E-state index in [9.17, 15) is 4.79 Å². The zero-order valence-corrected chi connectivity index (χ0v) is 14.8. The van der Waals surface area contributed by atoms with E-state index < -0.39 is 0 Å². The highest BCUT2D eigenvalue weighted by Gasteiger charge is 2.19. The quantitative estimate of drug-likeness (QED) is 0.873. The normalized spacial score (nSPS) is 12.3. The molecule has 1 heterocycles. The standard InChI is InChI=1S/C17H23N3OS/c1-10-7-8-15(11(2)9-10)22-14(5)17(21)18-16-12(3)19-20(6)13(16)4/h7-9,14H,1-6H3,(H,18,21). The molecular formula is C17H23N3OS. The first-order chi connectivity index (χ1) is 10.3. The van der Waals surface area contributed by atoms with Gasteiger partial charge in [-0.05, 0) is 46.2 Å². The summed E-state index contributed by atoms with van der Waals surface area (Å²) in [5.74, 6) is 0.00387. The second kappa shape index (κ2) is 6.57. The first-order valence-corrected chi connectivity index (χ1v) is 8.22. The van der Waals surface area contributed by atoms with Crippen LogP contribution in [-0.2, 0) is 11.8 Å². The van der Waals surface area contributed by atoms with Gasteiger partial charge in [0.15, 0.2) is 0 Å². The summed E-state index contributed by atoms with van der Waals surface area (Å²) in [5, 5.41) is 7.17. The Morgan fingerprint density at radius 3 is 2.50 bits per heavy atom. The van der Waals surface area contributed by atoms with Gasteiger partial charge in [-0.25, -0.2) is 0 Å². The number of nitrogens with one attached hydrogen (secondary N) is 1. The lowest BCUT2D eigenvalue weighted by molar-refractivity contribution is -0.115. The van der Waals surface area contributed by atoms with E-state index >= 15 is 0 Å². The largest absolute Gasteiger partial charge is 0.322 e. The number of thioether (sulfide) groups is 1. The molecule has 0 aliphatic carbocycles. The number of hydrogen-bond acceptors (Lipinski definition) is 3. The molecule has 0 radical (unpaired) electrons. The fraction of sp³-hybridized carbons (Fsp3) is 0.412. The number of aromatic nitrogens is 2. The van der Waals surface area contributed by atoms with Gasteiger partial charge in [0.25, 0.3) is 0 Å². The molecule has 0 fully saturated rings. The van der Waals surface area contributed by atoms with Crippen molar-refractivity contribution in [3.8, 4) is 0 Å². The van der Waals surface area contributed by atoms with Crippen LogP contribution in [0.5, 0.6) is 0 Å². The third-order valence-corrected chi connectivity index (χ3v) is 5.04. The first kappa shape index (κ1) is 16.6. The minimum Gasteiger partial charge on any atom is -0.322 e. The molecule has 1 aromatic heterocycles. The molecule has 5 heteroatoms. The van der Waals surface area contributed by atoms with Crippen LogP contribution in [0.25, 0.3) is 0 Å². The molecule has 0 saturated carbocycles. The number of amides is 1. The van der Waals surface area contributed by atoms with Crippen molar-refractivity contribution in [1.29, 1.82) is 0 Å². The van der Waals surface area contributed by atoms with Crippen molar-refractivity contribution in [3.05, 3.63) is 40.7 Å². The first-order valence-electron chi connectivity index (χ1n) is 7.34. The predicted octanol–water partition coefficient (Wildman–Crippen LogP) is 3.77. The van der Waals surface area contributed by atoms with Gasteiger partial charge in [0.05, 0.1) is 22.3 Å². The van der Waals surface area contributed by atoms with Crippen LogP contribution in [0.15, 0.2) is 23.1 Å². The van der Waals surface area contributed by atoms with Crippen molar-refractivity contribution in [1.82, 2.24) is 9.78 Å². The Hall–Kier alpha value is -1.75. The third-order valence-electron chi connectivity index (χ3n) is 3.76. The Labute approximate surface area is 136 Å². The maximum Gasteiger partial charge on any atom is 0.237 e. The molecule has 118 valence electrons. The van der Waals surface area contributed by atoms with E-state index in [1.54, 1.807) is 16.4 Å². The van der Waals surface area contributed by atoms with Gasteiger partial charge in [0.1, 0.15) is 0 Å². The number of anilines is 1. The molecule has 0 saturated heterocycles. The molecule has 0 spiro atoms. The number of hydrogen-bond donors (Lipinski definition) is 1. The minimum absolute atomic E-state index is 0.00387. The fourth-order valence-corrected chi connectivity index (χ4v) is 3.29. The molecule has 4 nitrogen and oxygen atoms in total. The van der Waals surface area contributed by atoms with Crippen LogP contribution in [0.4, 0.5) is 5.69 Å². The molecule has 0 aliphatic rings. The maximum absolute atomic E-state index is 12.4. The summed E-state index contributed by atoms with van der Waals surface area (Å²) in [4.78, 5) is 13.6. The van der Waals surface area contributed by atoms with Crippen molar-refractivity contribution >= 4 is 23.4 Å².